The highest BCUT2D eigenvalue weighted by Gasteiger charge is 2.32. The standard InChI is InChI=1S/C30H47NO8/c1-11-18(4)25(32)36-19(5)20(6)37-26(33)22(31)16-21-14-15-23(38-27(34)29(7,8)12-2)24(17-21)39-28(35)30(9,10)13-3/h14-15,17-20,22H,11-13,16,31H2,1-10H3/t18?,19?,20-,22-/m0/s1. The number of rotatable bonds is 14. The highest BCUT2D eigenvalue weighted by Crippen LogP contribution is 2.34. The summed E-state index contributed by atoms with van der Waals surface area (Å²) in [6.45, 7) is 17.8. The topological polar surface area (TPSA) is 131 Å². The Labute approximate surface area is 233 Å². The molecule has 0 aliphatic rings. The van der Waals surface area contributed by atoms with E-state index in [2.05, 4.69) is 0 Å². The summed E-state index contributed by atoms with van der Waals surface area (Å²) in [5, 5.41) is 0. The Morgan fingerprint density at radius 1 is 0.769 bits per heavy atom. The fourth-order valence-electron chi connectivity index (χ4n) is 2.87. The normalized spacial score (nSPS) is 14.9. The van der Waals surface area contributed by atoms with Crippen LogP contribution in [0.2, 0.25) is 0 Å². The zero-order valence-corrected chi connectivity index (χ0v) is 25.2. The van der Waals surface area contributed by atoms with Crippen molar-refractivity contribution in [3.63, 3.8) is 0 Å². The first-order valence-electron chi connectivity index (χ1n) is 13.7. The molecule has 39 heavy (non-hydrogen) atoms. The van der Waals surface area contributed by atoms with E-state index in [4.69, 9.17) is 24.7 Å². The summed E-state index contributed by atoms with van der Waals surface area (Å²) in [6, 6.07) is 3.68. The average Bonchev–Trinajstić information content (AvgIpc) is 2.88. The van der Waals surface area contributed by atoms with Gasteiger partial charge in [-0.1, -0.05) is 33.8 Å². The fraction of sp³-hybridized carbons (Fsp3) is 0.667. The summed E-state index contributed by atoms with van der Waals surface area (Å²) in [6.07, 6.45) is 0.482. The van der Waals surface area contributed by atoms with Gasteiger partial charge in [-0.05, 0) is 84.9 Å². The van der Waals surface area contributed by atoms with Crippen LogP contribution in [0.5, 0.6) is 11.5 Å². The maximum Gasteiger partial charge on any atom is 0.323 e. The van der Waals surface area contributed by atoms with Gasteiger partial charge in [-0.3, -0.25) is 19.2 Å². The quantitative estimate of drug-likeness (QED) is 0.247. The molecule has 0 heterocycles. The van der Waals surface area contributed by atoms with Crippen molar-refractivity contribution in [3.05, 3.63) is 23.8 Å². The molecule has 0 bridgehead atoms. The molecule has 220 valence electrons. The number of hydrogen-bond acceptors (Lipinski definition) is 9. The molecule has 0 fully saturated rings. The van der Waals surface area contributed by atoms with E-state index in [-0.39, 0.29) is 29.8 Å². The number of ether oxygens (including phenoxy) is 4. The molecular weight excluding hydrogens is 502 g/mol. The lowest BCUT2D eigenvalue weighted by atomic mass is 9.90. The van der Waals surface area contributed by atoms with Gasteiger partial charge >= 0.3 is 23.9 Å². The molecule has 4 atom stereocenters. The Kier molecular flexibility index (Phi) is 12.6. The molecule has 1 rings (SSSR count). The first-order valence-corrected chi connectivity index (χ1v) is 13.7. The third-order valence-corrected chi connectivity index (χ3v) is 7.32. The molecule has 0 saturated heterocycles. The molecule has 0 saturated carbocycles. The van der Waals surface area contributed by atoms with Gasteiger partial charge in [0.1, 0.15) is 18.2 Å². The van der Waals surface area contributed by atoms with Crippen LogP contribution in [-0.2, 0) is 35.1 Å². The van der Waals surface area contributed by atoms with Crippen molar-refractivity contribution in [2.24, 2.45) is 22.5 Å². The van der Waals surface area contributed by atoms with Crippen molar-refractivity contribution < 1.29 is 38.1 Å². The van der Waals surface area contributed by atoms with Crippen LogP contribution in [0.4, 0.5) is 0 Å². The first-order chi connectivity index (χ1) is 18.0. The molecule has 0 radical (unpaired) electrons. The molecule has 0 amide bonds. The van der Waals surface area contributed by atoms with Crippen molar-refractivity contribution in [1.82, 2.24) is 0 Å². The first kappa shape index (κ1) is 34.1. The number of benzene rings is 1. The molecule has 1 aromatic rings. The minimum atomic E-state index is -1.03. The van der Waals surface area contributed by atoms with E-state index >= 15 is 0 Å². The summed E-state index contributed by atoms with van der Waals surface area (Å²) in [7, 11) is 0. The van der Waals surface area contributed by atoms with Gasteiger partial charge in [0.2, 0.25) is 0 Å². The fourth-order valence-corrected chi connectivity index (χ4v) is 2.87. The smallest absolute Gasteiger partial charge is 0.323 e. The second kappa shape index (κ2) is 14.4. The predicted octanol–water partition coefficient (Wildman–Crippen LogP) is 5.15. The van der Waals surface area contributed by atoms with Crippen LogP contribution in [0.25, 0.3) is 0 Å². The van der Waals surface area contributed by atoms with Gasteiger partial charge in [-0.2, -0.15) is 0 Å². The summed E-state index contributed by atoms with van der Waals surface area (Å²) in [5.41, 5.74) is 5.22. The van der Waals surface area contributed by atoms with E-state index in [1.165, 1.54) is 12.1 Å². The van der Waals surface area contributed by atoms with Crippen molar-refractivity contribution in [2.75, 3.05) is 0 Å². The van der Waals surface area contributed by atoms with Crippen LogP contribution in [0, 0.1) is 16.7 Å². The minimum Gasteiger partial charge on any atom is -0.459 e. The maximum absolute atomic E-state index is 12.8. The van der Waals surface area contributed by atoms with Gasteiger partial charge < -0.3 is 24.7 Å². The summed E-state index contributed by atoms with van der Waals surface area (Å²) in [4.78, 5) is 50.3. The van der Waals surface area contributed by atoms with Crippen LogP contribution in [-0.4, -0.2) is 42.1 Å². The molecule has 0 aliphatic carbocycles. The Morgan fingerprint density at radius 3 is 1.69 bits per heavy atom. The second-order valence-corrected chi connectivity index (χ2v) is 11.4. The predicted molar refractivity (Wildman–Crippen MR) is 148 cm³/mol. The number of esters is 4. The Hall–Kier alpha value is -2.94. The van der Waals surface area contributed by atoms with E-state index < -0.39 is 47.0 Å². The van der Waals surface area contributed by atoms with Crippen molar-refractivity contribution in [2.45, 2.75) is 113 Å². The molecule has 0 aromatic heterocycles. The van der Waals surface area contributed by atoms with Gasteiger partial charge in [0.05, 0.1) is 16.7 Å². The monoisotopic (exact) mass is 549 g/mol. The summed E-state index contributed by atoms with van der Waals surface area (Å²) < 4.78 is 22.1. The number of hydrogen-bond donors (Lipinski definition) is 1. The Morgan fingerprint density at radius 2 is 1.23 bits per heavy atom. The van der Waals surface area contributed by atoms with Crippen molar-refractivity contribution >= 4 is 23.9 Å². The van der Waals surface area contributed by atoms with Crippen LogP contribution >= 0.6 is 0 Å². The van der Waals surface area contributed by atoms with E-state index in [0.717, 1.165) is 0 Å². The van der Waals surface area contributed by atoms with Crippen LogP contribution < -0.4 is 15.2 Å². The Bertz CT molecular complexity index is 1020. The highest BCUT2D eigenvalue weighted by molar-refractivity contribution is 5.81. The lowest BCUT2D eigenvalue weighted by Crippen LogP contribution is -2.40. The molecular formula is C30H47NO8. The van der Waals surface area contributed by atoms with Gasteiger partial charge in [0, 0.05) is 0 Å². The number of nitrogens with two attached hydrogens (primary N) is 1. The zero-order chi connectivity index (χ0) is 30.1. The van der Waals surface area contributed by atoms with Crippen LogP contribution in [0.1, 0.15) is 94.1 Å². The van der Waals surface area contributed by atoms with E-state index in [1.54, 1.807) is 54.5 Å². The molecule has 1 aromatic carbocycles. The molecule has 2 N–H and O–H groups in total. The average molecular weight is 550 g/mol. The number of carbonyl (C=O) groups is 4. The van der Waals surface area contributed by atoms with Crippen molar-refractivity contribution in [1.29, 1.82) is 0 Å². The van der Waals surface area contributed by atoms with E-state index in [9.17, 15) is 19.2 Å². The lowest BCUT2D eigenvalue weighted by Gasteiger charge is -2.24. The maximum atomic E-state index is 12.8. The van der Waals surface area contributed by atoms with Crippen LogP contribution in [0.3, 0.4) is 0 Å². The molecule has 0 spiro atoms. The van der Waals surface area contributed by atoms with Gasteiger partial charge in [0.15, 0.2) is 11.5 Å². The van der Waals surface area contributed by atoms with Gasteiger partial charge in [0.25, 0.3) is 0 Å². The van der Waals surface area contributed by atoms with Crippen LogP contribution in [0.15, 0.2) is 18.2 Å². The number of carbonyl (C=O) groups excluding carboxylic acids is 4. The largest absolute Gasteiger partial charge is 0.459 e. The zero-order valence-electron chi connectivity index (χ0n) is 25.2. The third kappa shape index (κ3) is 9.95. The molecule has 9 heteroatoms. The van der Waals surface area contributed by atoms with Crippen molar-refractivity contribution in [3.8, 4) is 11.5 Å². The van der Waals surface area contributed by atoms with Gasteiger partial charge in [-0.25, -0.2) is 0 Å². The summed E-state index contributed by atoms with van der Waals surface area (Å²) >= 11 is 0. The SMILES string of the molecule is CCC(C)C(=O)OC(C)[C@H](C)OC(=O)[C@@H](N)Cc1ccc(OC(=O)C(C)(C)CC)c(OC(=O)C(C)(C)CC)c1. The Balaban J connectivity index is 3.07. The molecule has 0 aliphatic heterocycles. The highest BCUT2D eigenvalue weighted by atomic mass is 16.6. The molecule has 9 nitrogen and oxygen atoms in total. The van der Waals surface area contributed by atoms with E-state index in [0.29, 0.717) is 24.8 Å². The molecule has 2 unspecified atom stereocenters. The second-order valence-electron chi connectivity index (χ2n) is 11.4. The van der Waals surface area contributed by atoms with Gasteiger partial charge in [-0.15, -0.1) is 0 Å². The lowest BCUT2D eigenvalue weighted by molar-refractivity contribution is -0.168. The third-order valence-electron chi connectivity index (χ3n) is 7.32. The van der Waals surface area contributed by atoms with E-state index in [1.807, 2.05) is 20.8 Å². The minimum absolute atomic E-state index is 0.0683. The summed E-state index contributed by atoms with van der Waals surface area (Å²) in [5.74, 6) is -2.03.